The van der Waals surface area contributed by atoms with Crippen molar-refractivity contribution in [3.05, 3.63) is 107 Å². The number of hydrogen-bond donors (Lipinski definition) is 1. The molecule has 1 atom stereocenters. The molecule has 8 nitrogen and oxygen atoms in total. The number of aliphatic imine (C=N–C) groups is 1. The van der Waals surface area contributed by atoms with E-state index in [1.165, 1.54) is 20.0 Å². The summed E-state index contributed by atoms with van der Waals surface area (Å²) < 4.78 is 7.41. The van der Waals surface area contributed by atoms with Gasteiger partial charge in [-0.25, -0.2) is 9.48 Å². The maximum Gasteiger partial charge on any atom is 0.411 e. The Kier molecular flexibility index (Phi) is 7.09. The van der Waals surface area contributed by atoms with Crippen LogP contribution in [0.5, 0.6) is 0 Å². The molecule has 0 bridgehead atoms. The summed E-state index contributed by atoms with van der Waals surface area (Å²) in [6.45, 7) is 0. The quantitative estimate of drug-likeness (QED) is 0.192. The van der Waals surface area contributed by atoms with Crippen molar-refractivity contribution in [3.8, 4) is 16.8 Å². The molecule has 1 saturated carbocycles. The third-order valence-electron chi connectivity index (χ3n) is 7.44. The van der Waals surface area contributed by atoms with E-state index in [0.717, 1.165) is 44.8 Å². The number of anilines is 1. The van der Waals surface area contributed by atoms with Gasteiger partial charge in [-0.3, -0.25) is 10.3 Å². The van der Waals surface area contributed by atoms with Gasteiger partial charge in [0.25, 0.3) is 0 Å². The summed E-state index contributed by atoms with van der Waals surface area (Å²) in [5.41, 5.74) is 6.90. The molecular formula is C31H28ClN5O3. The summed E-state index contributed by atoms with van der Waals surface area (Å²) in [5.74, 6) is 0.539. The van der Waals surface area contributed by atoms with Gasteiger partial charge in [0.1, 0.15) is 0 Å². The first-order valence-electron chi connectivity index (χ1n) is 13.2. The van der Waals surface area contributed by atoms with Crippen molar-refractivity contribution >= 4 is 34.7 Å². The number of benzene rings is 2. The van der Waals surface area contributed by atoms with Gasteiger partial charge in [0, 0.05) is 58.6 Å². The second kappa shape index (κ2) is 11.0. The van der Waals surface area contributed by atoms with Gasteiger partial charge in [0.2, 0.25) is 5.69 Å². The third kappa shape index (κ3) is 5.49. The lowest BCUT2D eigenvalue weighted by atomic mass is 9.88. The Morgan fingerprint density at radius 2 is 1.98 bits per heavy atom. The van der Waals surface area contributed by atoms with Crippen LogP contribution in [-0.4, -0.2) is 28.7 Å². The number of pyridine rings is 1. The summed E-state index contributed by atoms with van der Waals surface area (Å²) in [5, 5.41) is 21.2. The number of amides is 1. The maximum atomic E-state index is 13.5. The molecule has 1 unspecified atom stereocenters. The first kappa shape index (κ1) is 25.8. The zero-order valence-corrected chi connectivity index (χ0v) is 22.7. The Morgan fingerprint density at radius 1 is 1.18 bits per heavy atom. The van der Waals surface area contributed by atoms with E-state index in [2.05, 4.69) is 15.2 Å². The predicted octanol–water partition coefficient (Wildman–Crippen LogP) is 6.77. The second-order valence-corrected chi connectivity index (χ2v) is 10.6. The monoisotopic (exact) mass is 553 g/mol. The number of carbonyl (C=O) groups excluding carboxylic acids is 1. The summed E-state index contributed by atoms with van der Waals surface area (Å²) in [6.07, 6.45) is 10.5. The van der Waals surface area contributed by atoms with Crippen LogP contribution in [-0.2, 0) is 4.74 Å². The van der Waals surface area contributed by atoms with Crippen LogP contribution in [0.3, 0.4) is 0 Å². The first-order chi connectivity index (χ1) is 19.5. The number of hydrogen-bond acceptors (Lipinski definition) is 5. The largest absolute Gasteiger partial charge is 0.618 e. The van der Waals surface area contributed by atoms with Crippen molar-refractivity contribution in [2.75, 3.05) is 12.4 Å². The lowest BCUT2D eigenvalue weighted by Crippen LogP contribution is -2.35. The number of ether oxygens (including phenoxy) is 1. The number of carbonyl (C=O) groups is 1. The van der Waals surface area contributed by atoms with Crippen molar-refractivity contribution in [1.29, 1.82) is 0 Å². The molecule has 6 rings (SSSR count). The lowest BCUT2D eigenvalue weighted by Gasteiger charge is -2.18. The van der Waals surface area contributed by atoms with Crippen LogP contribution in [0.1, 0.15) is 42.9 Å². The highest BCUT2D eigenvalue weighted by Crippen LogP contribution is 2.41. The Bertz CT molecular complexity index is 1610. The highest BCUT2D eigenvalue weighted by atomic mass is 35.5. The Morgan fingerprint density at radius 3 is 2.67 bits per heavy atom. The minimum absolute atomic E-state index is 0.0713. The van der Waals surface area contributed by atoms with E-state index in [0.29, 0.717) is 28.7 Å². The number of rotatable bonds is 8. The Balaban J connectivity index is 1.25. The van der Waals surface area contributed by atoms with Crippen LogP contribution >= 0.6 is 11.6 Å². The topological polar surface area (TPSA) is 95.4 Å². The number of halogens is 1. The van der Waals surface area contributed by atoms with Crippen molar-refractivity contribution in [1.82, 2.24) is 9.78 Å². The van der Waals surface area contributed by atoms with Crippen LogP contribution in [0.25, 0.3) is 22.4 Å². The van der Waals surface area contributed by atoms with Gasteiger partial charge in [-0.05, 0) is 65.9 Å². The second-order valence-electron chi connectivity index (χ2n) is 10.2. The van der Waals surface area contributed by atoms with Gasteiger partial charge in [0.05, 0.1) is 18.7 Å². The summed E-state index contributed by atoms with van der Waals surface area (Å²) in [4.78, 5) is 16.3. The van der Waals surface area contributed by atoms with Crippen LogP contribution < -0.4 is 10.0 Å². The molecule has 1 amide bonds. The molecule has 0 radical (unpaired) electrons. The third-order valence-corrected chi connectivity index (χ3v) is 7.67. The predicted molar refractivity (Wildman–Crippen MR) is 156 cm³/mol. The maximum absolute atomic E-state index is 13.5. The molecule has 2 aliphatic rings. The standard InChI is InChI=1S/C31H28ClN5O3/c1-40-31(38)35-25-9-5-21(6-10-25)23-16-28(33-18-23)27(15-20-3-4-20)30-11-7-22(19-37(30)39)26-17-24(32)8-12-29(26)36-14-2-13-34-36/h2,5-14,17-20,27H,3-4,15-16H2,1H3,(H,35,38). The number of methoxy groups -OCH3 is 1. The zero-order chi connectivity index (χ0) is 27.6. The summed E-state index contributed by atoms with van der Waals surface area (Å²) in [6, 6.07) is 18.9. The van der Waals surface area contributed by atoms with E-state index in [-0.39, 0.29) is 5.92 Å². The molecule has 9 heteroatoms. The molecule has 1 N–H and O–H groups in total. The van der Waals surface area contributed by atoms with E-state index >= 15 is 0 Å². The molecule has 0 saturated heterocycles. The van der Waals surface area contributed by atoms with Crippen LogP contribution in [0, 0.1) is 11.1 Å². The SMILES string of the molecule is COC(=O)Nc1ccc(C2=CN=C(C(CC3CC3)c3ccc(-c4cc(Cl)ccc4-n4cccn4)c[n+]3[O-])C2)cc1. The van der Waals surface area contributed by atoms with Crippen LogP contribution in [0.4, 0.5) is 10.5 Å². The van der Waals surface area contributed by atoms with E-state index in [1.807, 2.05) is 73.1 Å². The van der Waals surface area contributed by atoms with Crippen molar-refractivity contribution < 1.29 is 14.3 Å². The summed E-state index contributed by atoms with van der Waals surface area (Å²) in [7, 11) is 1.33. The molecule has 4 aromatic rings. The average molecular weight is 554 g/mol. The smallest absolute Gasteiger partial charge is 0.411 e. The van der Waals surface area contributed by atoms with Crippen molar-refractivity contribution in [2.24, 2.45) is 10.9 Å². The lowest BCUT2D eigenvalue weighted by molar-refractivity contribution is -0.614. The number of allylic oxidation sites excluding steroid dienone is 1. The first-order valence-corrected chi connectivity index (χ1v) is 13.6. The molecule has 1 fully saturated rings. The Labute approximate surface area is 237 Å². The molecule has 40 heavy (non-hydrogen) atoms. The van der Waals surface area contributed by atoms with E-state index in [4.69, 9.17) is 16.6 Å². The molecule has 1 aliphatic carbocycles. The van der Waals surface area contributed by atoms with Gasteiger partial charge in [-0.15, -0.1) is 0 Å². The normalized spacial score (nSPS) is 15.3. The number of aromatic nitrogens is 3. The van der Waals surface area contributed by atoms with E-state index < -0.39 is 6.09 Å². The fraction of sp³-hybridized carbons (Fsp3) is 0.226. The molecule has 2 aromatic carbocycles. The highest BCUT2D eigenvalue weighted by Gasteiger charge is 2.34. The van der Waals surface area contributed by atoms with E-state index in [1.54, 1.807) is 17.1 Å². The molecular weight excluding hydrogens is 526 g/mol. The molecule has 2 aromatic heterocycles. The van der Waals surface area contributed by atoms with Gasteiger partial charge in [-0.1, -0.05) is 36.6 Å². The van der Waals surface area contributed by atoms with E-state index in [9.17, 15) is 10.0 Å². The molecule has 3 heterocycles. The number of nitrogens with one attached hydrogen (secondary N) is 1. The van der Waals surface area contributed by atoms with Gasteiger partial charge in [-0.2, -0.15) is 9.83 Å². The molecule has 1 aliphatic heterocycles. The zero-order valence-electron chi connectivity index (χ0n) is 22.0. The van der Waals surface area contributed by atoms with Crippen LogP contribution in [0.2, 0.25) is 5.02 Å². The van der Waals surface area contributed by atoms with Gasteiger partial charge >= 0.3 is 6.09 Å². The van der Waals surface area contributed by atoms with Crippen molar-refractivity contribution in [3.63, 3.8) is 0 Å². The molecule has 202 valence electrons. The van der Waals surface area contributed by atoms with Crippen molar-refractivity contribution in [2.45, 2.75) is 31.6 Å². The van der Waals surface area contributed by atoms with Gasteiger partial charge < -0.3 is 9.94 Å². The summed E-state index contributed by atoms with van der Waals surface area (Å²) >= 11 is 6.34. The minimum atomic E-state index is -0.508. The van der Waals surface area contributed by atoms with Crippen LogP contribution in [0.15, 0.2) is 90.4 Å². The Hall–Kier alpha value is -4.43. The number of nitrogens with zero attached hydrogens (tertiary/aromatic N) is 4. The average Bonchev–Trinajstić information content (AvgIpc) is 3.39. The van der Waals surface area contributed by atoms with Gasteiger partial charge in [0.15, 0.2) is 6.20 Å². The minimum Gasteiger partial charge on any atom is -0.618 e. The molecule has 0 spiro atoms. The fourth-order valence-electron chi connectivity index (χ4n) is 5.16. The highest BCUT2D eigenvalue weighted by molar-refractivity contribution is 6.31. The fourth-order valence-corrected chi connectivity index (χ4v) is 5.33.